The van der Waals surface area contributed by atoms with Crippen LogP contribution in [-0.2, 0) is 0 Å². The topological polar surface area (TPSA) is 0 Å². The Morgan fingerprint density at radius 2 is 0.500 bits per heavy atom. The van der Waals surface area contributed by atoms with Crippen molar-refractivity contribution in [3.05, 3.63) is 0 Å². The standard InChI is InChI=1S/3FH.U/h3*1H;/q;;;+3/p-3. The van der Waals surface area contributed by atoms with Crippen molar-refractivity contribution in [2.75, 3.05) is 0 Å². The second-order valence-electron chi connectivity index (χ2n) is 0. The Morgan fingerprint density at radius 1 is 0.500 bits per heavy atom. The summed E-state index contributed by atoms with van der Waals surface area (Å²) in [5, 5.41) is 0. The molecule has 4 heavy (non-hydrogen) atoms. The molecule has 0 nitrogen and oxygen atoms in total. The third-order valence-corrected chi connectivity index (χ3v) is 0. The molecule has 0 amide bonds. The summed E-state index contributed by atoms with van der Waals surface area (Å²) in [6.45, 7) is 0. The summed E-state index contributed by atoms with van der Waals surface area (Å²) in [6, 6.07) is 0. The summed E-state index contributed by atoms with van der Waals surface area (Å²) < 4.78 is 0. The summed E-state index contributed by atoms with van der Waals surface area (Å²) in [6.07, 6.45) is 0. The molecule has 0 aliphatic heterocycles. The molecule has 0 saturated heterocycles. The van der Waals surface area contributed by atoms with Gasteiger partial charge in [-0.3, -0.25) is 0 Å². The van der Waals surface area contributed by atoms with Gasteiger partial charge in [0, 0.05) is 0 Å². The number of hydrogen-bond acceptors (Lipinski definition) is 0. The van der Waals surface area contributed by atoms with E-state index in [0.717, 1.165) is 0 Å². The van der Waals surface area contributed by atoms with Crippen molar-refractivity contribution in [2.24, 2.45) is 0 Å². The Morgan fingerprint density at radius 3 is 0.500 bits per heavy atom. The third kappa shape index (κ3) is 13.6. The first-order chi connectivity index (χ1) is 0. The summed E-state index contributed by atoms with van der Waals surface area (Å²) in [7, 11) is 0. The maximum atomic E-state index is 0. The maximum Gasteiger partial charge on any atom is 3.00 e. The predicted octanol–water partition coefficient (Wildman–Crippen LogP) is -8.99. The van der Waals surface area contributed by atoms with E-state index >= 15 is 0 Å². The fourth-order valence-electron chi connectivity index (χ4n) is 0. The second kappa shape index (κ2) is 43.8. The summed E-state index contributed by atoms with van der Waals surface area (Å²) >= 11 is 0. The van der Waals surface area contributed by atoms with Gasteiger partial charge in [-0.2, -0.15) is 0 Å². The van der Waals surface area contributed by atoms with Crippen molar-refractivity contribution in [3.63, 3.8) is 0 Å². The van der Waals surface area contributed by atoms with Crippen LogP contribution >= 0.6 is 0 Å². The smallest absolute Gasteiger partial charge is 1.00 e. The van der Waals surface area contributed by atoms with E-state index in [1.165, 1.54) is 0 Å². The average molecular weight is 295 g/mol. The van der Waals surface area contributed by atoms with Gasteiger partial charge in [-0.25, -0.2) is 0 Å². The molecule has 1 radical (unpaired) electrons. The molecule has 0 aromatic carbocycles. The van der Waals surface area contributed by atoms with Crippen LogP contribution in [0.4, 0.5) is 0 Å². The van der Waals surface area contributed by atoms with Gasteiger partial charge < -0.3 is 14.1 Å². The Bertz CT molecular complexity index is 3.25. The van der Waals surface area contributed by atoms with Gasteiger partial charge in [0.15, 0.2) is 0 Å². The van der Waals surface area contributed by atoms with Crippen LogP contribution < -0.4 is 14.1 Å². The van der Waals surface area contributed by atoms with Gasteiger partial charge in [-0.1, -0.05) is 0 Å². The van der Waals surface area contributed by atoms with Crippen molar-refractivity contribution in [1.82, 2.24) is 0 Å². The van der Waals surface area contributed by atoms with Crippen molar-refractivity contribution in [3.8, 4) is 0 Å². The predicted molar refractivity (Wildman–Crippen MR) is 0 cm³/mol. The van der Waals surface area contributed by atoms with Crippen LogP contribution in [0, 0.1) is 31.1 Å². The molecular weight excluding hydrogens is 295 g/mol. The first kappa shape index (κ1) is 101. The van der Waals surface area contributed by atoms with Crippen LogP contribution in [0.25, 0.3) is 0 Å². The minimum Gasteiger partial charge on any atom is -1.00 e. The molecule has 25 valence electrons. The molecule has 0 N–H and O–H groups in total. The number of rotatable bonds is 0. The normalized spacial score (nSPS) is 0. The molecule has 0 spiro atoms. The molecule has 0 unspecified atom stereocenters. The maximum absolute atomic E-state index is 0. The summed E-state index contributed by atoms with van der Waals surface area (Å²) in [5.74, 6) is 0. The molecule has 4 heteroatoms. The minimum absolute atomic E-state index is 0. The van der Waals surface area contributed by atoms with E-state index in [2.05, 4.69) is 0 Å². The van der Waals surface area contributed by atoms with Gasteiger partial charge in [-0.05, 0) is 0 Å². The van der Waals surface area contributed by atoms with E-state index in [-0.39, 0.29) is 45.2 Å². The molecule has 0 saturated carbocycles. The monoisotopic (exact) mass is 295 g/mol. The Kier molecular flexibility index (Phi) is 1100. The first-order valence-electron chi connectivity index (χ1n) is 0. The van der Waals surface area contributed by atoms with Crippen LogP contribution in [-0.4, -0.2) is 0 Å². The minimum atomic E-state index is 0. The molecule has 0 rings (SSSR count). The van der Waals surface area contributed by atoms with E-state index in [1.54, 1.807) is 0 Å². The molecule has 0 aromatic rings. The van der Waals surface area contributed by atoms with Gasteiger partial charge in [0.2, 0.25) is 0 Å². The summed E-state index contributed by atoms with van der Waals surface area (Å²) in [5.41, 5.74) is 0. The molecule has 0 aromatic heterocycles. The van der Waals surface area contributed by atoms with Gasteiger partial charge in [0.25, 0.3) is 0 Å². The molecular formula is F3U. The molecule has 0 aliphatic carbocycles. The zero-order valence-electron chi connectivity index (χ0n) is 1.63. The van der Waals surface area contributed by atoms with Gasteiger partial charge in [-0.15, -0.1) is 0 Å². The Labute approximate surface area is 45.4 Å². The van der Waals surface area contributed by atoms with E-state index < -0.39 is 0 Å². The number of halogens is 3. The molecule has 0 heterocycles. The number of hydrogen-bond donors (Lipinski definition) is 0. The molecule has 0 fully saturated rings. The SMILES string of the molecule is [F-].[F-].[F-].[U+3]. The van der Waals surface area contributed by atoms with Crippen molar-refractivity contribution in [2.45, 2.75) is 0 Å². The zero-order valence-corrected chi connectivity index (χ0v) is 5.80. The fourth-order valence-corrected chi connectivity index (χ4v) is 0. The van der Waals surface area contributed by atoms with Gasteiger partial charge in [0.05, 0.1) is 0 Å². The Hall–Kier alpha value is 0.842. The second-order valence-corrected chi connectivity index (χ2v) is 0. The molecule has 0 aliphatic rings. The van der Waals surface area contributed by atoms with Crippen molar-refractivity contribution < 1.29 is 45.2 Å². The van der Waals surface area contributed by atoms with E-state index in [9.17, 15) is 0 Å². The van der Waals surface area contributed by atoms with Crippen LogP contribution in [0.15, 0.2) is 0 Å². The van der Waals surface area contributed by atoms with Crippen LogP contribution in [0.3, 0.4) is 0 Å². The van der Waals surface area contributed by atoms with Crippen molar-refractivity contribution >= 4 is 0 Å². The Balaban J connectivity index is 0. The largest absolute Gasteiger partial charge is 3.00 e. The first-order valence-corrected chi connectivity index (χ1v) is 0. The van der Waals surface area contributed by atoms with E-state index in [1.807, 2.05) is 0 Å². The zero-order chi connectivity index (χ0) is 0. The van der Waals surface area contributed by atoms with Crippen LogP contribution in [0.2, 0.25) is 0 Å². The quantitative estimate of drug-likeness (QED) is 0.416. The summed E-state index contributed by atoms with van der Waals surface area (Å²) in [4.78, 5) is 0. The van der Waals surface area contributed by atoms with Gasteiger partial charge in [0.1, 0.15) is 0 Å². The van der Waals surface area contributed by atoms with Crippen LogP contribution in [0.5, 0.6) is 0 Å². The van der Waals surface area contributed by atoms with Crippen molar-refractivity contribution in [1.29, 1.82) is 0 Å². The van der Waals surface area contributed by atoms with E-state index in [0.29, 0.717) is 0 Å². The molecule has 0 bridgehead atoms. The third-order valence-electron chi connectivity index (χ3n) is 0. The average Bonchev–Trinajstić information content (AvgIpc) is 0. The van der Waals surface area contributed by atoms with Gasteiger partial charge >= 0.3 is 31.1 Å². The molecule has 0 atom stereocenters. The van der Waals surface area contributed by atoms with E-state index in [4.69, 9.17) is 0 Å². The van der Waals surface area contributed by atoms with Crippen LogP contribution in [0.1, 0.15) is 0 Å². The fraction of sp³-hybridized carbons (Fsp3) is 0.